The molecule has 1 saturated heterocycles. The summed E-state index contributed by atoms with van der Waals surface area (Å²) < 4.78 is 6.09. The van der Waals surface area contributed by atoms with E-state index < -0.39 is 5.60 Å². The lowest BCUT2D eigenvalue weighted by Gasteiger charge is -2.39. The topological polar surface area (TPSA) is 58.7 Å². The molecule has 0 bridgehead atoms. The highest BCUT2D eigenvalue weighted by Crippen LogP contribution is 2.33. The lowest BCUT2D eigenvalue weighted by molar-refractivity contribution is -0.0823. The third kappa shape index (κ3) is 3.93. The number of ether oxygens (including phenoxy) is 1. The predicted molar refractivity (Wildman–Crippen MR) is 83.4 cm³/mol. The molecule has 1 fully saturated rings. The van der Waals surface area contributed by atoms with Gasteiger partial charge in [-0.05, 0) is 26.1 Å². The van der Waals surface area contributed by atoms with Crippen molar-refractivity contribution in [2.75, 3.05) is 26.8 Å². The fourth-order valence-electron chi connectivity index (χ4n) is 2.84. The molecule has 0 saturated carbocycles. The predicted octanol–water partition coefficient (Wildman–Crippen LogP) is 2.26. The Kier molecular flexibility index (Phi) is 5.45. The van der Waals surface area contributed by atoms with E-state index in [0.717, 1.165) is 9.21 Å². The molecule has 2 atom stereocenters. The number of rotatable bonds is 5. The molecule has 20 heavy (non-hydrogen) atoms. The van der Waals surface area contributed by atoms with Crippen LogP contribution in [0.3, 0.4) is 0 Å². The van der Waals surface area contributed by atoms with Gasteiger partial charge in [0.1, 0.15) is 0 Å². The molecule has 2 heterocycles. The molecule has 0 aromatic carbocycles. The summed E-state index contributed by atoms with van der Waals surface area (Å²) in [6.07, 6.45) is 1.35. The summed E-state index contributed by atoms with van der Waals surface area (Å²) in [7, 11) is 2.01. The third-order valence-corrected chi connectivity index (χ3v) is 5.13. The minimum atomic E-state index is -0.679. The van der Waals surface area contributed by atoms with Crippen molar-refractivity contribution in [1.29, 1.82) is 0 Å². The van der Waals surface area contributed by atoms with E-state index in [1.54, 1.807) is 11.3 Å². The standard InChI is InChI=1S/C14H23ClN2O2S/c1-10(16)13(11-3-4-12(15)20-11)17(2)9-14(18)5-7-19-8-6-14/h3-4,10,13,18H,5-9,16H2,1-2H3. The van der Waals surface area contributed by atoms with Crippen molar-refractivity contribution in [3.05, 3.63) is 21.3 Å². The lowest BCUT2D eigenvalue weighted by atomic mass is 9.92. The van der Waals surface area contributed by atoms with Gasteiger partial charge in [0.2, 0.25) is 0 Å². The van der Waals surface area contributed by atoms with Gasteiger partial charge in [-0.25, -0.2) is 0 Å². The fourth-order valence-corrected chi connectivity index (χ4v) is 4.18. The molecule has 1 aliphatic rings. The summed E-state index contributed by atoms with van der Waals surface area (Å²) in [5.41, 5.74) is 5.46. The first-order chi connectivity index (χ1) is 9.41. The number of aliphatic hydroxyl groups is 1. The van der Waals surface area contributed by atoms with E-state index in [2.05, 4.69) is 4.90 Å². The second kappa shape index (κ2) is 6.73. The lowest BCUT2D eigenvalue weighted by Crippen LogP contribution is -2.49. The molecule has 1 aromatic rings. The van der Waals surface area contributed by atoms with Crippen molar-refractivity contribution in [1.82, 2.24) is 4.90 Å². The molecule has 0 radical (unpaired) electrons. The second-order valence-corrected chi connectivity index (χ2v) is 7.44. The third-order valence-electron chi connectivity index (χ3n) is 3.83. The molecule has 6 heteroatoms. The molecular formula is C14H23ClN2O2S. The number of nitrogens with two attached hydrogens (primary N) is 1. The average Bonchev–Trinajstić information content (AvgIpc) is 2.75. The van der Waals surface area contributed by atoms with E-state index in [1.807, 2.05) is 26.1 Å². The zero-order valence-electron chi connectivity index (χ0n) is 12.0. The summed E-state index contributed by atoms with van der Waals surface area (Å²) in [4.78, 5) is 3.28. The normalized spacial score (nSPS) is 21.9. The van der Waals surface area contributed by atoms with Gasteiger partial charge in [-0.15, -0.1) is 11.3 Å². The van der Waals surface area contributed by atoms with Gasteiger partial charge in [0.15, 0.2) is 0 Å². The fraction of sp³-hybridized carbons (Fsp3) is 0.714. The van der Waals surface area contributed by atoms with Crippen LogP contribution in [0, 0.1) is 0 Å². The van der Waals surface area contributed by atoms with E-state index in [0.29, 0.717) is 32.6 Å². The number of likely N-dealkylation sites (N-methyl/N-ethyl adjacent to an activating group) is 1. The molecule has 1 aliphatic heterocycles. The molecule has 0 amide bonds. The maximum absolute atomic E-state index is 10.6. The Morgan fingerprint density at radius 1 is 1.50 bits per heavy atom. The van der Waals surface area contributed by atoms with Crippen molar-refractivity contribution in [3.63, 3.8) is 0 Å². The highest BCUT2D eigenvalue weighted by Gasteiger charge is 2.34. The van der Waals surface area contributed by atoms with Crippen LogP contribution >= 0.6 is 22.9 Å². The van der Waals surface area contributed by atoms with Gasteiger partial charge >= 0.3 is 0 Å². The van der Waals surface area contributed by atoms with Gasteiger partial charge in [0.25, 0.3) is 0 Å². The van der Waals surface area contributed by atoms with Crippen LogP contribution in [0.4, 0.5) is 0 Å². The monoisotopic (exact) mass is 318 g/mol. The molecule has 2 unspecified atom stereocenters. The van der Waals surface area contributed by atoms with Gasteiger partial charge in [-0.1, -0.05) is 11.6 Å². The second-order valence-electron chi connectivity index (χ2n) is 5.70. The largest absolute Gasteiger partial charge is 0.388 e. The van der Waals surface area contributed by atoms with Crippen molar-refractivity contribution in [2.24, 2.45) is 5.73 Å². The first-order valence-electron chi connectivity index (χ1n) is 6.92. The molecule has 0 spiro atoms. The maximum atomic E-state index is 10.6. The minimum Gasteiger partial charge on any atom is -0.388 e. The van der Waals surface area contributed by atoms with Crippen molar-refractivity contribution >= 4 is 22.9 Å². The van der Waals surface area contributed by atoms with Crippen LogP contribution in [0.5, 0.6) is 0 Å². The Bertz CT molecular complexity index is 433. The van der Waals surface area contributed by atoms with Gasteiger partial charge in [-0.3, -0.25) is 4.90 Å². The molecule has 2 rings (SSSR count). The van der Waals surface area contributed by atoms with E-state index in [-0.39, 0.29) is 12.1 Å². The average molecular weight is 319 g/mol. The number of nitrogens with zero attached hydrogens (tertiary/aromatic N) is 1. The van der Waals surface area contributed by atoms with Gasteiger partial charge in [0.05, 0.1) is 16.0 Å². The SMILES string of the molecule is CC(N)C(c1ccc(Cl)s1)N(C)CC1(O)CCOCC1. The van der Waals surface area contributed by atoms with Crippen molar-refractivity contribution < 1.29 is 9.84 Å². The van der Waals surface area contributed by atoms with Crippen molar-refractivity contribution in [2.45, 2.75) is 37.5 Å². The Morgan fingerprint density at radius 2 is 2.15 bits per heavy atom. The Balaban J connectivity index is 2.09. The summed E-state index contributed by atoms with van der Waals surface area (Å²) in [5, 5.41) is 10.6. The first kappa shape index (κ1) is 16.2. The van der Waals surface area contributed by atoms with E-state index in [4.69, 9.17) is 22.1 Å². The number of thiophene rings is 1. The Labute approximate surface area is 129 Å². The van der Waals surface area contributed by atoms with Crippen LogP contribution in [-0.2, 0) is 4.74 Å². The van der Waals surface area contributed by atoms with E-state index in [9.17, 15) is 5.11 Å². The van der Waals surface area contributed by atoms with Gasteiger partial charge in [0, 0.05) is 43.5 Å². The summed E-state index contributed by atoms with van der Waals surface area (Å²) in [5.74, 6) is 0. The number of halogens is 1. The quantitative estimate of drug-likeness (QED) is 0.874. The smallest absolute Gasteiger partial charge is 0.0931 e. The molecule has 0 aliphatic carbocycles. The van der Waals surface area contributed by atoms with Crippen LogP contribution in [0.25, 0.3) is 0 Å². The Morgan fingerprint density at radius 3 is 2.65 bits per heavy atom. The Hall–Kier alpha value is -0.170. The number of hydrogen-bond acceptors (Lipinski definition) is 5. The first-order valence-corrected chi connectivity index (χ1v) is 8.12. The highest BCUT2D eigenvalue weighted by molar-refractivity contribution is 7.16. The van der Waals surface area contributed by atoms with Crippen molar-refractivity contribution in [3.8, 4) is 0 Å². The van der Waals surface area contributed by atoms with Crippen LogP contribution in [0.2, 0.25) is 4.34 Å². The maximum Gasteiger partial charge on any atom is 0.0931 e. The summed E-state index contributed by atoms with van der Waals surface area (Å²) in [6.45, 7) is 3.83. The van der Waals surface area contributed by atoms with Crippen LogP contribution in [0.15, 0.2) is 12.1 Å². The van der Waals surface area contributed by atoms with Crippen LogP contribution in [0.1, 0.15) is 30.7 Å². The highest BCUT2D eigenvalue weighted by atomic mass is 35.5. The molecule has 1 aromatic heterocycles. The molecule has 4 nitrogen and oxygen atoms in total. The van der Waals surface area contributed by atoms with E-state index in [1.165, 1.54) is 0 Å². The van der Waals surface area contributed by atoms with E-state index >= 15 is 0 Å². The zero-order chi connectivity index (χ0) is 14.8. The number of hydrogen-bond donors (Lipinski definition) is 2. The molecule has 114 valence electrons. The summed E-state index contributed by atoms with van der Waals surface area (Å²) >= 11 is 7.58. The van der Waals surface area contributed by atoms with Gasteiger partial charge in [-0.2, -0.15) is 0 Å². The molecular weight excluding hydrogens is 296 g/mol. The molecule has 3 N–H and O–H groups in total. The van der Waals surface area contributed by atoms with Crippen LogP contribution in [-0.4, -0.2) is 48.5 Å². The summed E-state index contributed by atoms with van der Waals surface area (Å²) in [6, 6.07) is 3.96. The minimum absolute atomic E-state index is 0.0295. The van der Waals surface area contributed by atoms with Crippen LogP contribution < -0.4 is 5.73 Å². The zero-order valence-corrected chi connectivity index (χ0v) is 13.6. The van der Waals surface area contributed by atoms with Gasteiger partial charge < -0.3 is 15.6 Å².